The van der Waals surface area contributed by atoms with Crippen LogP contribution in [0.2, 0.25) is 0 Å². The average Bonchev–Trinajstić information content (AvgIpc) is 2.74. The van der Waals surface area contributed by atoms with Gasteiger partial charge in [-0.05, 0) is 66.9 Å². The Bertz CT molecular complexity index is 1010. The lowest BCUT2D eigenvalue weighted by Gasteiger charge is -2.18. The molecule has 1 amide bonds. The average molecular weight is 407 g/mol. The van der Waals surface area contributed by atoms with Gasteiger partial charge in [-0.25, -0.2) is 9.18 Å². The zero-order valence-electron chi connectivity index (χ0n) is 16.6. The zero-order chi connectivity index (χ0) is 21.7. The molecule has 30 heavy (non-hydrogen) atoms. The van der Waals surface area contributed by atoms with Crippen molar-refractivity contribution in [3.05, 3.63) is 89.7 Å². The third kappa shape index (κ3) is 5.23. The smallest absolute Gasteiger partial charge is 0.338 e. The van der Waals surface area contributed by atoms with Crippen LogP contribution in [0.15, 0.2) is 72.8 Å². The summed E-state index contributed by atoms with van der Waals surface area (Å²) in [6.45, 7) is 3.26. The number of halogens is 1. The molecular weight excluding hydrogens is 385 g/mol. The number of esters is 1. The van der Waals surface area contributed by atoms with Crippen LogP contribution < -0.4 is 5.32 Å². The normalized spacial score (nSPS) is 12.6. The summed E-state index contributed by atoms with van der Waals surface area (Å²) in [7, 11) is 0. The Labute approximate surface area is 174 Å². The van der Waals surface area contributed by atoms with Gasteiger partial charge in [0.2, 0.25) is 0 Å². The number of nitrogens with one attached hydrogen (secondary N) is 1. The summed E-state index contributed by atoms with van der Waals surface area (Å²) in [6.07, 6.45) is -0.989. The van der Waals surface area contributed by atoms with E-state index in [1.54, 1.807) is 67.6 Å². The number of aromatic hydroxyl groups is 1. The van der Waals surface area contributed by atoms with Crippen LogP contribution in [0.4, 0.5) is 4.39 Å². The topological polar surface area (TPSA) is 75.6 Å². The maximum absolute atomic E-state index is 13.0. The standard InChI is InChI=1S/C24H22FNO4/c1-15(17-7-11-21(25)12-8-17)26-23(28)16(2)30-24(29)20-5-3-18(4-6-20)19-9-13-22(27)14-10-19/h3-16,27H,1-2H3,(H,26,28). The van der Waals surface area contributed by atoms with Gasteiger partial charge in [0.25, 0.3) is 5.91 Å². The molecule has 2 N–H and O–H groups in total. The molecule has 3 rings (SSSR count). The van der Waals surface area contributed by atoms with Gasteiger partial charge in [-0.15, -0.1) is 0 Å². The maximum atomic E-state index is 13.0. The van der Waals surface area contributed by atoms with E-state index in [2.05, 4.69) is 5.32 Å². The quantitative estimate of drug-likeness (QED) is 0.585. The highest BCUT2D eigenvalue weighted by Crippen LogP contribution is 2.22. The van der Waals surface area contributed by atoms with E-state index in [0.717, 1.165) is 16.7 Å². The minimum Gasteiger partial charge on any atom is -0.508 e. The van der Waals surface area contributed by atoms with Gasteiger partial charge in [0.1, 0.15) is 11.6 Å². The Hall–Kier alpha value is -3.67. The summed E-state index contributed by atoms with van der Waals surface area (Å²) in [5.74, 6) is -1.22. The van der Waals surface area contributed by atoms with Gasteiger partial charge in [0, 0.05) is 0 Å². The molecule has 0 saturated carbocycles. The summed E-state index contributed by atoms with van der Waals surface area (Å²) in [6, 6.07) is 19.0. The Kier molecular flexibility index (Phi) is 6.47. The molecule has 0 aliphatic carbocycles. The first-order valence-corrected chi connectivity index (χ1v) is 9.50. The number of hydrogen-bond donors (Lipinski definition) is 2. The molecule has 0 spiro atoms. The second-order valence-electron chi connectivity index (χ2n) is 6.95. The van der Waals surface area contributed by atoms with Gasteiger partial charge in [0.05, 0.1) is 11.6 Å². The molecule has 5 nitrogen and oxygen atoms in total. The molecule has 0 aliphatic rings. The Morgan fingerprint density at radius 3 is 1.97 bits per heavy atom. The maximum Gasteiger partial charge on any atom is 0.338 e. The van der Waals surface area contributed by atoms with Crippen molar-refractivity contribution < 1.29 is 23.8 Å². The van der Waals surface area contributed by atoms with E-state index in [1.807, 2.05) is 0 Å². The van der Waals surface area contributed by atoms with Crippen LogP contribution in [-0.2, 0) is 9.53 Å². The Morgan fingerprint density at radius 1 is 0.867 bits per heavy atom. The highest BCUT2D eigenvalue weighted by molar-refractivity contribution is 5.92. The highest BCUT2D eigenvalue weighted by atomic mass is 19.1. The molecule has 2 atom stereocenters. The van der Waals surface area contributed by atoms with E-state index in [4.69, 9.17) is 4.74 Å². The molecule has 3 aromatic rings. The van der Waals surface area contributed by atoms with Gasteiger partial charge in [-0.2, -0.15) is 0 Å². The van der Waals surface area contributed by atoms with Crippen molar-refractivity contribution in [3.63, 3.8) is 0 Å². The summed E-state index contributed by atoms with van der Waals surface area (Å²) >= 11 is 0. The largest absolute Gasteiger partial charge is 0.508 e. The lowest BCUT2D eigenvalue weighted by molar-refractivity contribution is -0.129. The van der Waals surface area contributed by atoms with Gasteiger partial charge < -0.3 is 15.2 Å². The second-order valence-corrected chi connectivity index (χ2v) is 6.95. The van der Waals surface area contributed by atoms with Crippen molar-refractivity contribution in [2.75, 3.05) is 0 Å². The molecule has 154 valence electrons. The predicted octanol–water partition coefficient (Wildman–Crippen LogP) is 4.62. The van der Waals surface area contributed by atoms with Crippen molar-refractivity contribution in [2.45, 2.75) is 26.0 Å². The van der Waals surface area contributed by atoms with Crippen LogP contribution in [0.25, 0.3) is 11.1 Å². The van der Waals surface area contributed by atoms with Gasteiger partial charge >= 0.3 is 5.97 Å². The van der Waals surface area contributed by atoms with Gasteiger partial charge in [0.15, 0.2) is 6.10 Å². The number of hydrogen-bond acceptors (Lipinski definition) is 4. The molecule has 0 radical (unpaired) electrons. The molecule has 0 bridgehead atoms. The Balaban J connectivity index is 1.58. The number of phenolic OH excluding ortho intramolecular Hbond substituents is 1. The van der Waals surface area contributed by atoms with Crippen LogP contribution in [0.5, 0.6) is 5.75 Å². The monoisotopic (exact) mass is 407 g/mol. The summed E-state index contributed by atoms with van der Waals surface area (Å²) in [5, 5.41) is 12.1. The number of carbonyl (C=O) groups is 2. The van der Waals surface area contributed by atoms with Crippen molar-refractivity contribution >= 4 is 11.9 Å². The number of amides is 1. The Morgan fingerprint density at radius 2 is 1.40 bits per heavy atom. The fourth-order valence-electron chi connectivity index (χ4n) is 2.90. The minimum absolute atomic E-state index is 0.181. The van der Waals surface area contributed by atoms with Crippen molar-refractivity contribution in [1.29, 1.82) is 0 Å². The number of ether oxygens (including phenoxy) is 1. The molecule has 0 aromatic heterocycles. The van der Waals surface area contributed by atoms with E-state index in [0.29, 0.717) is 5.56 Å². The summed E-state index contributed by atoms with van der Waals surface area (Å²) < 4.78 is 18.3. The molecule has 2 unspecified atom stereocenters. The van der Waals surface area contributed by atoms with Crippen LogP contribution in [0.1, 0.15) is 35.8 Å². The lowest BCUT2D eigenvalue weighted by Crippen LogP contribution is -2.37. The predicted molar refractivity (Wildman–Crippen MR) is 111 cm³/mol. The fraction of sp³-hybridized carbons (Fsp3) is 0.167. The van der Waals surface area contributed by atoms with E-state index >= 15 is 0 Å². The first-order chi connectivity index (χ1) is 14.3. The zero-order valence-corrected chi connectivity index (χ0v) is 16.6. The number of phenols is 1. The van der Waals surface area contributed by atoms with Crippen LogP contribution in [0.3, 0.4) is 0 Å². The number of rotatable bonds is 6. The third-order valence-corrected chi connectivity index (χ3v) is 4.70. The molecule has 6 heteroatoms. The van der Waals surface area contributed by atoms with Crippen LogP contribution in [-0.4, -0.2) is 23.1 Å². The fourth-order valence-corrected chi connectivity index (χ4v) is 2.90. The third-order valence-electron chi connectivity index (χ3n) is 4.70. The SMILES string of the molecule is CC(OC(=O)c1ccc(-c2ccc(O)cc2)cc1)C(=O)NC(C)c1ccc(F)cc1. The molecule has 0 aliphatic heterocycles. The summed E-state index contributed by atoms with van der Waals surface area (Å²) in [5.41, 5.74) is 2.84. The van der Waals surface area contributed by atoms with Gasteiger partial charge in [-0.3, -0.25) is 4.79 Å². The lowest BCUT2D eigenvalue weighted by atomic mass is 10.0. The first-order valence-electron chi connectivity index (χ1n) is 9.50. The van der Waals surface area contributed by atoms with Crippen molar-refractivity contribution in [1.82, 2.24) is 5.32 Å². The first kappa shape index (κ1) is 21.0. The molecule has 0 saturated heterocycles. The van der Waals surface area contributed by atoms with E-state index in [1.165, 1.54) is 19.1 Å². The second kappa shape index (κ2) is 9.22. The minimum atomic E-state index is -0.989. The van der Waals surface area contributed by atoms with Crippen molar-refractivity contribution in [3.8, 4) is 16.9 Å². The molecule has 0 fully saturated rings. The van der Waals surface area contributed by atoms with E-state index in [9.17, 15) is 19.1 Å². The van der Waals surface area contributed by atoms with E-state index < -0.39 is 18.0 Å². The summed E-state index contributed by atoms with van der Waals surface area (Å²) in [4.78, 5) is 24.7. The molecule has 0 heterocycles. The highest BCUT2D eigenvalue weighted by Gasteiger charge is 2.21. The van der Waals surface area contributed by atoms with Gasteiger partial charge in [-0.1, -0.05) is 36.4 Å². The molecular formula is C24H22FNO4. The van der Waals surface area contributed by atoms with Crippen molar-refractivity contribution in [2.24, 2.45) is 0 Å². The number of carbonyl (C=O) groups excluding carboxylic acids is 2. The molecule has 3 aromatic carbocycles. The van der Waals surface area contributed by atoms with E-state index in [-0.39, 0.29) is 17.6 Å². The van der Waals surface area contributed by atoms with Crippen LogP contribution >= 0.6 is 0 Å². The van der Waals surface area contributed by atoms with Crippen LogP contribution in [0, 0.1) is 5.82 Å². The number of benzene rings is 3.